The second-order valence-corrected chi connectivity index (χ2v) is 7.18. The quantitative estimate of drug-likeness (QED) is 0.328. The molecule has 3 aromatic rings. The van der Waals surface area contributed by atoms with Gasteiger partial charge in [-0.15, -0.1) is 0 Å². The highest BCUT2D eigenvalue weighted by atomic mass is 32.2. The van der Waals surface area contributed by atoms with Crippen LogP contribution in [0.15, 0.2) is 59.9 Å². The summed E-state index contributed by atoms with van der Waals surface area (Å²) in [7, 11) is 0. The van der Waals surface area contributed by atoms with E-state index in [9.17, 15) is 9.59 Å². The Balaban J connectivity index is 1.21. The number of hydrogen-bond acceptors (Lipinski definition) is 6. The second kappa shape index (κ2) is 8.70. The smallest absolute Gasteiger partial charge is 0.313 e. The second-order valence-electron chi connectivity index (χ2n) is 6.09. The fourth-order valence-corrected chi connectivity index (χ4v) is 3.40. The first-order valence-corrected chi connectivity index (χ1v) is 9.89. The van der Waals surface area contributed by atoms with Gasteiger partial charge in [0.25, 0.3) is 0 Å². The predicted molar refractivity (Wildman–Crippen MR) is 109 cm³/mol. The van der Waals surface area contributed by atoms with Gasteiger partial charge in [0.15, 0.2) is 16.7 Å². The molecule has 2 heterocycles. The Hall–Kier alpha value is -3.46. The van der Waals surface area contributed by atoms with E-state index in [0.29, 0.717) is 29.5 Å². The van der Waals surface area contributed by atoms with Gasteiger partial charge in [-0.05, 0) is 17.7 Å². The number of benzene rings is 2. The van der Waals surface area contributed by atoms with Crippen LogP contribution in [0.2, 0.25) is 0 Å². The Morgan fingerprint density at radius 1 is 1.07 bits per heavy atom. The number of anilines is 1. The fourth-order valence-electron chi connectivity index (χ4n) is 2.70. The molecular formula is C20H18N4O4S. The van der Waals surface area contributed by atoms with Crippen LogP contribution in [-0.4, -0.2) is 40.9 Å². The molecule has 3 N–H and O–H groups in total. The van der Waals surface area contributed by atoms with Gasteiger partial charge < -0.3 is 25.1 Å². The summed E-state index contributed by atoms with van der Waals surface area (Å²) in [4.78, 5) is 31.5. The molecule has 0 unspecified atom stereocenters. The lowest BCUT2D eigenvalue weighted by Crippen LogP contribution is -2.36. The zero-order valence-electron chi connectivity index (χ0n) is 15.3. The number of hydrogen-bond donors (Lipinski definition) is 3. The third kappa shape index (κ3) is 4.69. The van der Waals surface area contributed by atoms with Crippen LogP contribution in [0.3, 0.4) is 0 Å². The van der Waals surface area contributed by atoms with Gasteiger partial charge in [0.05, 0.1) is 11.9 Å². The lowest BCUT2D eigenvalue weighted by atomic mass is 10.2. The largest absolute Gasteiger partial charge is 0.454 e. The van der Waals surface area contributed by atoms with E-state index < -0.39 is 11.8 Å². The number of aromatic nitrogens is 2. The van der Waals surface area contributed by atoms with Gasteiger partial charge in [-0.25, -0.2) is 4.98 Å². The maximum atomic E-state index is 12.0. The number of aromatic amines is 1. The van der Waals surface area contributed by atoms with E-state index in [-0.39, 0.29) is 6.79 Å². The van der Waals surface area contributed by atoms with Crippen LogP contribution in [0.4, 0.5) is 5.69 Å². The van der Waals surface area contributed by atoms with Crippen molar-refractivity contribution in [3.05, 3.63) is 54.7 Å². The molecule has 0 fully saturated rings. The van der Waals surface area contributed by atoms with E-state index in [1.165, 1.54) is 11.8 Å². The van der Waals surface area contributed by atoms with Crippen molar-refractivity contribution >= 4 is 29.3 Å². The van der Waals surface area contributed by atoms with E-state index in [0.717, 1.165) is 16.4 Å². The van der Waals surface area contributed by atoms with Crippen molar-refractivity contribution < 1.29 is 19.1 Å². The van der Waals surface area contributed by atoms with Crippen LogP contribution >= 0.6 is 11.8 Å². The SMILES string of the molecule is O=C(NCCSc1ncc(-c2ccccc2)[nH]1)C(=O)Nc1ccc2c(c1)OCO2. The molecule has 0 spiro atoms. The Labute approximate surface area is 171 Å². The minimum absolute atomic E-state index is 0.146. The van der Waals surface area contributed by atoms with Gasteiger partial charge in [0.1, 0.15) is 0 Å². The molecule has 2 aromatic carbocycles. The summed E-state index contributed by atoms with van der Waals surface area (Å²) in [6, 6.07) is 14.8. The van der Waals surface area contributed by atoms with Crippen LogP contribution in [-0.2, 0) is 9.59 Å². The number of ether oxygens (including phenoxy) is 2. The topological polar surface area (TPSA) is 105 Å². The number of fused-ring (bicyclic) bond motifs is 1. The zero-order chi connectivity index (χ0) is 20.1. The molecule has 0 bridgehead atoms. The Kier molecular flexibility index (Phi) is 5.66. The molecule has 2 amide bonds. The van der Waals surface area contributed by atoms with Crippen LogP contribution < -0.4 is 20.1 Å². The van der Waals surface area contributed by atoms with Gasteiger partial charge >= 0.3 is 11.8 Å². The normalized spacial score (nSPS) is 11.9. The van der Waals surface area contributed by atoms with Crippen LogP contribution in [0.5, 0.6) is 11.5 Å². The van der Waals surface area contributed by atoms with Crippen LogP contribution in [0.1, 0.15) is 0 Å². The van der Waals surface area contributed by atoms with Crippen molar-refractivity contribution in [2.75, 3.05) is 24.4 Å². The van der Waals surface area contributed by atoms with Gasteiger partial charge in [0.2, 0.25) is 6.79 Å². The lowest BCUT2D eigenvalue weighted by Gasteiger charge is -2.07. The average Bonchev–Trinajstić information content (AvgIpc) is 3.41. The molecule has 4 rings (SSSR count). The first-order chi connectivity index (χ1) is 14.2. The molecule has 0 saturated carbocycles. The van der Waals surface area contributed by atoms with Crippen molar-refractivity contribution in [1.82, 2.24) is 15.3 Å². The number of carbonyl (C=O) groups is 2. The maximum absolute atomic E-state index is 12.0. The number of imidazole rings is 1. The molecule has 148 valence electrons. The van der Waals surface area contributed by atoms with Crippen LogP contribution in [0.25, 0.3) is 11.3 Å². The zero-order valence-corrected chi connectivity index (χ0v) is 16.1. The molecule has 0 atom stereocenters. The van der Waals surface area contributed by atoms with Gasteiger partial charge in [-0.1, -0.05) is 42.1 Å². The summed E-state index contributed by atoms with van der Waals surface area (Å²) in [5.41, 5.74) is 2.45. The minimum atomic E-state index is -0.738. The van der Waals surface area contributed by atoms with Crippen molar-refractivity contribution in [2.45, 2.75) is 5.16 Å². The van der Waals surface area contributed by atoms with Crippen molar-refractivity contribution in [2.24, 2.45) is 0 Å². The number of carbonyl (C=O) groups excluding carboxylic acids is 2. The molecule has 8 nitrogen and oxygen atoms in total. The molecule has 1 aromatic heterocycles. The van der Waals surface area contributed by atoms with Crippen molar-refractivity contribution in [1.29, 1.82) is 0 Å². The van der Waals surface area contributed by atoms with Crippen LogP contribution in [0, 0.1) is 0 Å². The van der Waals surface area contributed by atoms with E-state index in [2.05, 4.69) is 20.6 Å². The molecule has 1 aliphatic heterocycles. The average molecular weight is 410 g/mol. The molecular weight excluding hydrogens is 392 g/mol. The highest BCUT2D eigenvalue weighted by molar-refractivity contribution is 7.99. The number of nitrogens with zero attached hydrogens (tertiary/aromatic N) is 1. The molecule has 9 heteroatoms. The van der Waals surface area contributed by atoms with Gasteiger partial charge in [-0.2, -0.15) is 0 Å². The van der Waals surface area contributed by atoms with Gasteiger partial charge in [-0.3, -0.25) is 9.59 Å². The molecule has 0 aliphatic carbocycles. The summed E-state index contributed by atoms with van der Waals surface area (Å²) >= 11 is 1.46. The maximum Gasteiger partial charge on any atom is 0.313 e. The van der Waals surface area contributed by atoms with E-state index in [1.54, 1.807) is 24.4 Å². The summed E-state index contributed by atoms with van der Waals surface area (Å²) in [6.45, 7) is 0.479. The van der Waals surface area contributed by atoms with Crippen molar-refractivity contribution in [3.63, 3.8) is 0 Å². The Morgan fingerprint density at radius 2 is 1.90 bits per heavy atom. The Morgan fingerprint density at radius 3 is 2.76 bits per heavy atom. The Bertz CT molecular complexity index is 1020. The molecule has 0 radical (unpaired) electrons. The van der Waals surface area contributed by atoms with Crippen molar-refractivity contribution in [3.8, 4) is 22.8 Å². The summed E-state index contributed by atoms with van der Waals surface area (Å²) in [6.07, 6.45) is 1.77. The highest BCUT2D eigenvalue weighted by Gasteiger charge is 2.17. The van der Waals surface area contributed by atoms with Gasteiger partial charge in [0, 0.05) is 24.1 Å². The number of amides is 2. The summed E-state index contributed by atoms with van der Waals surface area (Å²) < 4.78 is 10.5. The first-order valence-electron chi connectivity index (χ1n) is 8.91. The highest BCUT2D eigenvalue weighted by Crippen LogP contribution is 2.34. The monoisotopic (exact) mass is 410 g/mol. The molecule has 29 heavy (non-hydrogen) atoms. The number of rotatable bonds is 6. The van der Waals surface area contributed by atoms with E-state index >= 15 is 0 Å². The number of nitrogens with one attached hydrogen (secondary N) is 3. The number of H-pyrrole nitrogens is 1. The van der Waals surface area contributed by atoms with E-state index in [1.807, 2.05) is 30.3 Å². The molecule has 0 saturated heterocycles. The summed E-state index contributed by atoms with van der Waals surface area (Å²) in [5, 5.41) is 5.89. The lowest BCUT2D eigenvalue weighted by molar-refractivity contribution is -0.136. The predicted octanol–water partition coefficient (Wildman–Crippen LogP) is 2.65. The first kappa shape index (κ1) is 18.9. The molecule has 1 aliphatic rings. The standard InChI is InChI=1S/C20H18N4O4S/c25-18(19(26)23-14-6-7-16-17(10-14)28-12-27-16)21-8-9-29-20-22-11-15(24-20)13-4-2-1-3-5-13/h1-7,10-11H,8-9,12H2,(H,21,25)(H,22,24)(H,23,26). The number of thioether (sulfide) groups is 1. The third-order valence-corrected chi connectivity index (χ3v) is 4.99. The van der Waals surface area contributed by atoms with E-state index in [4.69, 9.17) is 9.47 Å². The fraction of sp³-hybridized carbons (Fsp3) is 0.150. The minimum Gasteiger partial charge on any atom is -0.454 e. The summed E-state index contributed by atoms with van der Waals surface area (Å²) in [5.74, 6) is 0.279. The third-order valence-electron chi connectivity index (χ3n) is 4.10.